The smallest absolute Gasteiger partial charge is 0.210 e. The summed E-state index contributed by atoms with van der Waals surface area (Å²) in [6, 6.07) is 10.2. The SMILES string of the molecule is CC1(C)C(N=C(NN)Nc2ccccc2)C1(C)C. The van der Waals surface area contributed by atoms with E-state index in [0.29, 0.717) is 5.96 Å². The molecule has 1 aliphatic carbocycles. The Balaban J connectivity index is 2.12. The normalized spacial score (nSPS) is 21.5. The lowest BCUT2D eigenvalue weighted by Gasteiger charge is -2.09. The molecule has 98 valence electrons. The van der Waals surface area contributed by atoms with Gasteiger partial charge in [0.2, 0.25) is 5.96 Å². The second-order valence-corrected chi connectivity index (χ2v) is 5.96. The lowest BCUT2D eigenvalue weighted by atomic mass is 10.0. The molecule has 2 rings (SSSR count). The van der Waals surface area contributed by atoms with Crippen LogP contribution in [0.25, 0.3) is 0 Å². The molecule has 0 spiro atoms. The number of nitrogens with one attached hydrogen (secondary N) is 2. The Labute approximate surface area is 109 Å². The van der Waals surface area contributed by atoms with Crippen molar-refractivity contribution in [1.29, 1.82) is 0 Å². The van der Waals surface area contributed by atoms with E-state index >= 15 is 0 Å². The molecule has 0 saturated heterocycles. The number of anilines is 1. The van der Waals surface area contributed by atoms with E-state index in [9.17, 15) is 0 Å². The first-order valence-corrected chi connectivity index (χ1v) is 6.26. The number of aliphatic imine (C=N–C) groups is 1. The van der Waals surface area contributed by atoms with E-state index < -0.39 is 0 Å². The number of nitrogens with zero attached hydrogens (tertiary/aromatic N) is 1. The summed E-state index contributed by atoms with van der Waals surface area (Å²) in [5.74, 6) is 6.15. The lowest BCUT2D eigenvalue weighted by Crippen LogP contribution is -2.36. The third-order valence-electron chi connectivity index (χ3n) is 4.38. The van der Waals surface area contributed by atoms with E-state index in [0.717, 1.165) is 5.69 Å². The number of hydrazine groups is 1. The van der Waals surface area contributed by atoms with E-state index in [1.165, 1.54) is 0 Å². The molecule has 4 nitrogen and oxygen atoms in total. The van der Waals surface area contributed by atoms with E-state index in [1.54, 1.807) is 0 Å². The summed E-state index contributed by atoms with van der Waals surface area (Å²) in [4.78, 5) is 4.68. The topological polar surface area (TPSA) is 62.4 Å². The van der Waals surface area contributed by atoms with Gasteiger partial charge in [-0.25, -0.2) is 10.8 Å². The molecule has 1 aromatic carbocycles. The number of para-hydroxylation sites is 1. The predicted octanol–water partition coefficient (Wildman–Crippen LogP) is 2.35. The Kier molecular flexibility index (Phi) is 3.07. The number of benzene rings is 1. The first-order valence-electron chi connectivity index (χ1n) is 6.26. The van der Waals surface area contributed by atoms with Crippen LogP contribution in [0.4, 0.5) is 5.69 Å². The van der Waals surface area contributed by atoms with Gasteiger partial charge in [-0.3, -0.25) is 5.43 Å². The van der Waals surface area contributed by atoms with Crippen LogP contribution in [-0.4, -0.2) is 12.0 Å². The zero-order valence-corrected chi connectivity index (χ0v) is 11.5. The van der Waals surface area contributed by atoms with Crippen molar-refractivity contribution in [3.8, 4) is 0 Å². The van der Waals surface area contributed by atoms with Crippen molar-refractivity contribution in [1.82, 2.24) is 5.43 Å². The van der Waals surface area contributed by atoms with Gasteiger partial charge in [0, 0.05) is 5.69 Å². The minimum absolute atomic E-state index is 0.216. The fraction of sp³-hybridized carbons (Fsp3) is 0.500. The van der Waals surface area contributed by atoms with Gasteiger partial charge in [-0.1, -0.05) is 45.9 Å². The Bertz CT molecular complexity index is 434. The van der Waals surface area contributed by atoms with Gasteiger partial charge in [-0.2, -0.15) is 0 Å². The van der Waals surface area contributed by atoms with Gasteiger partial charge in [0.25, 0.3) is 0 Å². The maximum atomic E-state index is 5.53. The highest BCUT2D eigenvalue weighted by Crippen LogP contribution is 2.64. The molecule has 0 aliphatic heterocycles. The van der Waals surface area contributed by atoms with Crippen molar-refractivity contribution in [3.05, 3.63) is 30.3 Å². The highest BCUT2D eigenvalue weighted by atomic mass is 15.3. The van der Waals surface area contributed by atoms with Crippen molar-refractivity contribution in [2.24, 2.45) is 21.7 Å². The van der Waals surface area contributed by atoms with Crippen LogP contribution in [0, 0.1) is 10.8 Å². The molecule has 0 aromatic heterocycles. The van der Waals surface area contributed by atoms with Crippen LogP contribution in [0.2, 0.25) is 0 Å². The average molecular weight is 246 g/mol. The predicted molar refractivity (Wildman–Crippen MR) is 76.2 cm³/mol. The molecular weight excluding hydrogens is 224 g/mol. The number of hydrogen-bond acceptors (Lipinski definition) is 2. The third kappa shape index (κ3) is 2.08. The average Bonchev–Trinajstić information content (AvgIpc) is 2.72. The zero-order chi connectivity index (χ0) is 13.4. The summed E-state index contributed by atoms with van der Waals surface area (Å²) < 4.78 is 0. The van der Waals surface area contributed by atoms with Crippen molar-refractivity contribution in [2.45, 2.75) is 33.7 Å². The molecule has 4 N–H and O–H groups in total. The molecule has 18 heavy (non-hydrogen) atoms. The Morgan fingerprint density at radius 2 is 1.67 bits per heavy atom. The fourth-order valence-electron chi connectivity index (χ4n) is 2.38. The van der Waals surface area contributed by atoms with Gasteiger partial charge < -0.3 is 5.32 Å². The van der Waals surface area contributed by atoms with Crippen LogP contribution >= 0.6 is 0 Å². The summed E-state index contributed by atoms with van der Waals surface area (Å²) in [5.41, 5.74) is 4.05. The van der Waals surface area contributed by atoms with Crippen molar-refractivity contribution >= 4 is 11.6 Å². The molecule has 0 amide bonds. The van der Waals surface area contributed by atoms with E-state index in [4.69, 9.17) is 5.84 Å². The maximum absolute atomic E-state index is 5.53. The van der Waals surface area contributed by atoms with Gasteiger partial charge in [-0.15, -0.1) is 0 Å². The molecule has 0 heterocycles. The summed E-state index contributed by atoms with van der Waals surface area (Å²) in [5, 5.41) is 3.19. The molecular formula is C14H22N4. The molecule has 0 radical (unpaired) electrons. The molecule has 1 aromatic rings. The van der Waals surface area contributed by atoms with Crippen LogP contribution in [0.5, 0.6) is 0 Å². The van der Waals surface area contributed by atoms with Crippen LogP contribution in [0.3, 0.4) is 0 Å². The summed E-state index contributed by atoms with van der Waals surface area (Å²) in [7, 11) is 0. The van der Waals surface area contributed by atoms with Crippen molar-refractivity contribution in [2.75, 3.05) is 5.32 Å². The fourth-order valence-corrected chi connectivity index (χ4v) is 2.38. The molecule has 0 bridgehead atoms. The standard InChI is InChI=1S/C14H22N4/c1-13(2)11(14(13,3)4)17-12(18-15)16-10-8-6-5-7-9-10/h5-9,11H,15H2,1-4H3,(H2,16,17,18). The van der Waals surface area contributed by atoms with Crippen LogP contribution in [0.15, 0.2) is 35.3 Å². The van der Waals surface area contributed by atoms with E-state index in [1.807, 2.05) is 30.3 Å². The summed E-state index contributed by atoms with van der Waals surface area (Å²) in [6.07, 6.45) is 0. The molecule has 1 aliphatic rings. The molecule has 4 heteroatoms. The van der Waals surface area contributed by atoms with Crippen LogP contribution < -0.4 is 16.6 Å². The first-order chi connectivity index (χ1) is 8.39. The quantitative estimate of drug-likeness (QED) is 0.325. The third-order valence-corrected chi connectivity index (χ3v) is 4.38. The number of rotatable bonds is 2. The maximum Gasteiger partial charge on any atom is 0.210 e. The first kappa shape index (κ1) is 12.9. The Morgan fingerprint density at radius 1 is 1.11 bits per heavy atom. The second kappa shape index (κ2) is 4.28. The summed E-state index contributed by atoms with van der Waals surface area (Å²) >= 11 is 0. The van der Waals surface area contributed by atoms with Crippen molar-refractivity contribution in [3.63, 3.8) is 0 Å². The minimum Gasteiger partial charge on any atom is -0.325 e. The number of hydrogen-bond donors (Lipinski definition) is 3. The van der Waals surface area contributed by atoms with Gasteiger partial charge in [0.05, 0.1) is 6.04 Å². The zero-order valence-electron chi connectivity index (χ0n) is 11.5. The van der Waals surface area contributed by atoms with Gasteiger partial charge in [-0.05, 0) is 23.0 Å². The van der Waals surface area contributed by atoms with Crippen LogP contribution in [-0.2, 0) is 0 Å². The van der Waals surface area contributed by atoms with Gasteiger partial charge in [0.15, 0.2) is 0 Å². The molecule has 0 unspecified atom stereocenters. The van der Waals surface area contributed by atoms with Crippen molar-refractivity contribution < 1.29 is 0 Å². The minimum atomic E-state index is 0.216. The second-order valence-electron chi connectivity index (χ2n) is 5.96. The highest BCUT2D eigenvalue weighted by Gasteiger charge is 2.65. The monoisotopic (exact) mass is 246 g/mol. The van der Waals surface area contributed by atoms with Gasteiger partial charge >= 0.3 is 0 Å². The largest absolute Gasteiger partial charge is 0.325 e. The Hall–Kier alpha value is -1.55. The molecule has 1 saturated carbocycles. The lowest BCUT2D eigenvalue weighted by molar-refractivity contribution is 0.457. The van der Waals surface area contributed by atoms with Crippen LogP contribution in [0.1, 0.15) is 27.7 Å². The number of guanidine groups is 1. The summed E-state index contributed by atoms with van der Waals surface area (Å²) in [6.45, 7) is 8.94. The Morgan fingerprint density at radius 3 is 2.11 bits per heavy atom. The van der Waals surface area contributed by atoms with E-state index in [-0.39, 0.29) is 16.9 Å². The molecule has 0 atom stereocenters. The van der Waals surface area contributed by atoms with Gasteiger partial charge in [0.1, 0.15) is 0 Å². The molecule has 1 fully saturated rings. The highest BCUT2D eigenvalue weighted by molar-refractivity contribution is 5.93. The van der Waals surface area contributed by atoms with E-state index in [2.05, 4.69) is 43.4 Å². The number of nitrogens with two attached hydrogens (primary N) is 1.